The number of carbonyl (C=O) groups is 1. The van der Waals surface area contributed by atoms with Crippen LogP contribution >= 0.6 is 0 Å². The van der Waals surface area contributed by atoms with E-state index in [1.165, 1.54) is 6.33 Å². The Morgan fingerprint density at radius 3 is 2.92 bits per heavy atom. The molecule has 4 rings (SSSR count). The first kappa shape index (κ1) is 14.5. The molecule has 122 valence electrons. The van der Waals surface area contributed by atoms with Gasteiger partial charge < -0.3 is 10.3 Å². The number of rotatable bonds is 3. The van der Waals surface area contributed by atoms with Gasteiger partial charge >= 0.3 is 0 Å². The molecule has 1 amide bonds. The minimum Gasteiger partial charge on any atom is -0.310 e. The van der Waals surface area contributed by atoms with Crippen LogP contribution in [-0.2, 0) is 11.2 Å². The molecule has 24 heavy (non-hydrogen) atoms. The highest BCUT2D eigenvalue weighted by Crippen LogP contribution is 2.28. The van der Waals surface area contributed by atoms with E-state index in [0.717, 1.165) is 18.5 Å². The summed E-state index contributed by atoms with van der Waals surface area (Å²) in [6, 6.07) is 0. The summed E-state index contributed by atoms with van der Waals surface area (Å²) >= 11 is 0. The maximum absolute atomic E-state index is 12.3. The minimum atomic E-state index is -0.508. The first-order chi connectivity index (χ1) is 11.6. The molecule has 0 saturated carbocycles. The van der Waals surface area contributed by atoms with Crippen LogP contribution in [0.15, 0.2) is 17.3 Å². The summed E-state index contributed by atoms with van der Waals surface area (Å²) in [5, 5.41) is 6.78. The molecular weight excluding hydrogens is 310 g/mol. The van der Waals surface area contributed by atoms with Crippen LogP contribution in [0.2, 0.25) is 0 Å². The van der Waals surface area contributed by atoms with Gasteiger partial charge in [0, 0.05) is 0 Å². The van der Waals surface area contributed by atoms with E-state index in [1.54, 1.807) is 17.6 Å². The van der Waals surface area contributed by atoms with Crippen molar-refractivity contribution in [2.24, 2.45) is 0 Å². The number of nitrogens with one attached hydrogen (secondary N) is 2. The van der Waals surface area contributed by atoms with Gasteiger partial charge in [0.2, 0.25) is 5.91 Å². The quantitative estimate of drug-likeness (QED) is 0.738. The fraction of sp³-hybridized carbons (Fsp3) is 0.333. The molecule has 9 nitrogen and oxygen atoms in total. The number of aromatic amines is 1. The number of aromatic nitrogens is 6. The number of aryl methyl sites for hydroxylation is 1. The first-order valence-corrected chi connectivity index (χ1v) is 7.73. The fourth-order valence-corrected chi connectivity index (χ4v) is 2.87. The van der Waals surface area contributed by atoms with E-state index in [2.05, 4.69) is 30.4 Å². The molecule has 1 atom stereocenters. The van der Waals surface area contributed by atoms with Gasteiger partial charge in [0.1, 0.15) is 17.8 Å². The molecule has 0 aliphatic carbocycles. The van der Waals surface area contributed by atoms with E-state index in [1.807, 2.05) is 6.92 Å². The van der Waals surface area contributed by atoms with Crippen molar-refractivity contribution in [3.63, 3.8) is 0 Å². The molecule has 0 bridgehead atoms. The Kier molecular flexibility index (Phi) is 3.15. The lowest BCUT2D eigenvalue weighted by Gasteiger charge is -2.07. The van der Waals surface area contributed by atoms with E-state index in [9.17, 15) is 9.59 Å². The van der Waals surface area contributed by atoms with E-state index < -0.39 is 5.92 Å². The number of amides is 1. The number of carbonyl (C=O) groups excluding carboxylic acids is 1. The molecule has 0 spiro atoms. The van der Waals surface area contributed by atoms with Gasteiger partial charge in [-0.2, -0.15) is 5.10 Å². The molecule has 0 unspecified atom stereocenters. The predicted molar refractivity (Wildman–Crippen MR) is 85.7 cm³/mol. The highest BCUT2D eigenvalue weighted by atomic mass is 16.2. The monoisotopic (exact) mass is 325 g/mol. The summed E-state index contributed by atoms with van der Waals surface area (Å²) in [5.41, 5.74) is 1.97. The lowest BCUT2D eigenvalue weighted by molar-refractivity contribution is -0.116. The van der Waals surface area contributed by atoms with Crippen LogP contribution in [-0.4, -0.2) is 35.5 Å². The van der Waals surface area contributed by atoms with Crippen LogP contribution in [0.3, 0.4) is 0 Å². The van der Waals surface area contributed by atoms with Crippen molar-refractivity contribution >= 4 is 17.4 Å². The molecular formula is C15H15N7O2. The maximum atomic E-state index is 12.3. The highest BCUT2D eigenvalue weighted by Gasteiger charge is 2.31. The second kappa shape index (κ2) is 5.22. The SMILES string of the molecule is CCCc1nc(-c2nc3c(c(=O)[nH]2)[C@@H](C)C(=O)N3)cn2ncnc12. The van der Waals surface area contributed by atoms with E-state index >= 15 is 0 Å². The Labute approximate surface area is 136 Å². The zero-order valence-corrected chi connectivity index (χ0v) is 13.2. The largest absolute Gasteiger partial charge is 0.310 e. The van der Waals surface area contributed by atoms with Crippen molar-refractivity contribution in [1.82, 2.24) is 29.5 Å². The second-order valence-corrected chi connectivity index (χ2v) is 5.74. The van der Waals surface area contributed by atoms with Gasteiger partial charge in [0.05, 0.1) is 23.4 Å². The van der Waals surface area contributed by atoms with Gasteiger partial charge in [-0.3, -0.25) is 9.59 Å². The lowest BCUT2D eigenvalue weighted by Crippen LogP contribution is -2.16. The molecule has 3 aromatic heterocycles. The Morgan fingerprint density at radius 2 is 2.12 bits per heavy atom. The van der Waals surface area contributed by atoms with Crippen molar-refractivity contribution in [3.05, 3.63) is 34.1 Å². The molecule has 1 aliphatic rings. The van der Waals surface area contributed by atoms with Gasteiger partial charge in [-0.15, -0.1) is 0 Å². The zero-order chi connectivity index (χ0) is 16.8. The third-order valence-corrected chi connectivity index (χ3v) is 4.08. The van der Waals surface area contributed by atoms with Gasteiger partial charge in [-0.1, -0.05) is 13.3 Å². The van der Waals surface area contributed by atoms with Gasteiger partial charge in [0.25, 0.3) is 5.56 Å². The zero-order valence-electron chi connectivity index (χ0n) is 13.2. The Balaban J connectivity index is 1.90. The van der Waals surface area contributed by atoms with Gasteiger partial charge in [-0.25, -0.2) is 19.5 Å². The number of nitrogens with zero attached hydrogens (tertiary/aromatic N) is 5. The third kappa shape index (κ3) is 2.08. The Hall–Kier alpha value is -3.10. The molecule has 3 aromatic rings. The van der Waals surface area contributed by atoms with Crippen molar-refractivity contribution in [1.29, 1.82) is 0 Å². The number of hydrogen-bond acceptors (Lipinski definition) is 6. The van der Waals surface area contributed by atoms with Crippen LogP contribution in [0.4, 0.5) is 5.82 Å². The van der Waals surface area contributed by atoms with Crippen LogP contribution in [0, 0.1) is 0 Å². The van der Waals surface area contributed by atoms with Crippen LogP contribution in [0.25, 0.3) is 17.2 Å². The van der Waals surface area contributed by atoms with Crippen LogP contribution in [0.5, 0.6) is 0 Å². The normalized spacial score (nSPS) is 16.4. The summed E-state index contributed by atoms with van der Waals surface area (Å²) in [6.07, 6.45) is 4.76. The highest BCUT2D eigenvalue weighted by molar-refractivity contribution is 6.01. The molecule has 0 aromatic carbocycles. The van der Waals surface area contributed by atoms with E-state index in [0.29, 0.717) is 28.5 Å². The third-order valence-electron chi connectivity index (χ3n) is 4.08. The summed E-state index contributed by atoms with van der Waals surface area (Å²) in [5.74, 6) is -0.148. The predicted octanol–water partition coefficient (Wildman–Crippen LogP) is 0.883. The minimum absolute atomic E-state index is 0.230. The average molecular weight is 325 g/mol. The van der Waals surface area contributed by atoms with Gasteiger partial charge in [0.15, 0.2) is 11.5 Å². The molecule has 4 heterocycles. The average Bonchev–Trinajstić information content (AvgIpc) is 3.13. The summed E-state index contributed by atoms with van der Waals surface area (Å²) in [6.45, 7) is 3.73. The lowest BCUT2D eigenvalue weighted by atomic mass is 10.1. The Morgan fingerprint density at radius 1 is 1.29 bits per heavy atom. The fourth-order valence-electron chi connectivity index (χ4n) is 2.87. The van der Waals surface area contributed by atoms with Crippen molar-refractivity contribution < 1.29 is 4.79 Å². The molecule has 2 N–H and O–H groups in total. The molecule has 1 aliphatic heterocycles. The van der Waals surface area contributed by atoms with E-state index in [-0.39, 0.29) is 11.5 Å². The number of fused-ring (bicyclic) bond motifs is 2. The summed E-state index contributed by atoms with van der Waals surface area (Å²) in [4.78, 5) is 40.0. The smallest absolute Gasteiger partial charge is 0.257 e. The second-order valence-electron chi connectivity index (χ2n) is 5.74. The number of H-pyrrole nitrogens is 1. The van der Waals surface area contributed by atoms with Crippen LogP contribution in [0.1, 0.15) is 37.4 Å². The standard InChI is InChI=1S/C15H15N7O2/c1-3-4-8-13-16-6-17-22(13)5-9(18-8)11-19-12-10(15(24)20-11)7(2)14(23)21-12/h5-7H,3-4H2,1-2H3,(H2,19,20,21,23,24)/t7-/m1/s1. The maximum Gasteiger partial charge on any atom is 0.257 e. The van der Waals surface area contributed by atoms with Crippen molar-refractivity contribution in [2.75, 3.05) is 5.32 Å². The molecule has 0 fully saturated rings. The first-order valence-electron chi connectivity index (χ1n) is 7.73. The van der Waals surface area contributed by atoms with E-state index in [4.69, 9.17) is 0 Å². The summed E-state index contributed by atoms with van der Waals surface area (Å²) < 4.78 is 1.61. The van der Waals surface area contributed by atoms with Crippen molar-refractivity contribution in [3.8, 4) is 11.5 Å². The molecule has 9 heteroatoms. The molecule has 0 saturated heterocycles. The number of hydrogen-bond donors (Lipinski definition) is 2. The van der Waals surface area contributed by atoms with Crippen LogP contribution < -0.4 is 10.9 Å². The summed E-state index contributed by atoms with van der Waals surface area (Å²) in [7, 11) is 0. The topological polar surface area (TPSA) is 118 Å². The Bertz CT molecular complexity index is 1020. The van der Waals surface area contributed by atoms with Gasteiger partial charge in [-0.05, 0) is 13.3 Å². The van der Waals surface area contributed by atoms with Crippen molar-refractivity contribution in [2.45, 2.75) is 32.6 Å². The molecule has 0 radical (unpaired) electrons. The number of anilines is 1.